The van der Waals surface area contributed by atoms with Gasteiger partial charge in [-0.05, 0) is 23.3 Å². The Hall–Kier alpha value is 0.210. The van der Waals surface area contributed by atoms with E-state index in [1.807, 2.05) is 18.2 Å². The Bertz CT molecular complexity index is 297. The number of thiol groups is 1. The molecule has 0 unspecified atom stereocenters. The first-order chi connectivity index (χ1) is 6.55. The third-order valence-electron chi connectivity index (χ3n) is 1.88. The molecule has 0 fully saturated rings. The fraction of sp³-hybridized carbons (Fsp3) is 0.455. The highest BCUT2D eigenvalue weighted by Gasteiger charge is 2.16. The van der Waals surface area contributed by atoms with Crippen molar-refractivity contribution in [3.8, 4) is 0 Å². The molecular weight excluding hydrogens is 232 g/mol. The van der Waals surface area contributed by atoms with Gasteiger partial charge in [-0.3, -0.25) is 0 Å². The van der Waals surface area contributed by atoms with Gasteiger partial charge < -0.3 is 0 Å². The van der Waals surface area contributed by atoms with E-state index >= 15 is 0 Å². The van der Waals surface area contributed by atoms with E-state index in [0.717, 1.165) is 21.4 Å². The van der Waals surface area contributed by atoms with Gasteiger partial charge in [0.2, 0.25) is 0 Å². The van der Waals surface area contributed by atoms with E-state index in [-0.39, 0.29) is 5.41 Å². The van der Waals surface area contributed by atoms with Crippen LogP contribution in [0.3, 0.4) is 0 Å². The topological polar surface area (TPSA) is 0 Å². The maximum absolute atomic E-state index is 6.06. The molecule has 0 heterocycles. The molecule has 0 bridgehead atoms. The third kappa shape index (κ3) is 3.76. The normalized spacial score (nSPS) is 11.7. The highest BCUT2D eigenvalue weighted by atomic mass is 35.5. The van der Waals surface area contributed by atoms with Gasteiger partial charge in [0, 0.05) is 10.6 Å². The predicted octanol–water partition coefficient (Wildman–Crippen LogP) is 4.39. The Morgan fingerprint density at radius 2 is 2.00 bits per heavy atom. The van der Waals surface area contributed by atoms with Gasteiger partial charge in [-0.25, -0.2) is 0 Å². The van der Waals surface area contributed by atoms with E-state index in [2.05, 4.69) is 32.5 Å². The number of halogens is 1. The van der Waals surface area contributed by atoms with Crippen molar-refractivity contribution < 1.29 is 0 Å². The molecule has 0 nitrogen and oxygen atoms in total. The largest absolute Gasteiger partial charge is 0.179 e. The summed E-state index contributed by atoms with van der Waals surface area (Å²) in [5.41, 5.74) is 0.257. The van der Waals surface area contributed by atoms with Crippen molar-refractivity contribution in [1.82, 2.24) is 0 Å². The van der Waals surface area contributed by atoms with E-state index in [1.54, 1.807) is 11.8 Å². The first kappa shape index (κ1) is 12.3. The average Bonchev–Trinajstić information content (AvgIpc) is 2.17. The molecule has 1 aromatic carbocycles. The molecule has 0 saturated carbocycles. The Kier molecular flexibility index (Phi) is 4.68. The van der Waals surface area contributed by atoms with Crippen LogP contribution in [-0.4, -0.2) is 11.5 Å². The van der Waals surface area contributed by atoms with Crippen LogP contribution >= 0.6 is 36.0 Å². The smallest absolute Gasteiger partial charge is 0.0541 e. The second-order valence-corrected chi connectivity index (χ2v) is 5.78. The molecule has 0 aliphatic heterocycles. The second kappa shape index (κ2) is 5.34. The van der Waals surface area contributed by atoms with Crippen molar-refractivity contribution in [2.45, 2.75) is 18.7 Å². The van der Waals surface area contributed by atoms with Crippen molar-refractivity contribution in [3.63, 3.8) is 0 Å². The molecule has 0 aromatic heterocycles. The Labute approximate surface area is 101 Å². The lowest BCUT2D eigenvalue weighted by Crippen LogP contribution is -2.16. The lowest BCUT2D eigenvalue weighted by Gasteiger charge is -2.21. The Morgan fingerprint density at radius 3 is 2.57 bits per heavy atom. The Morgan fingerprint density at radius 1 is 1.36 bits per heavy atom. The van der Waals surface area contributed by atoms with Gasteiger partial charge in [0.1, 0.15) is 0 Å². The standard InChI is InChI=1S/C11H15ClS2/c1-11(2,7-13)8-14-10-6-4-3-5-9(10)12/h3-6,13H,7-8H2,1-2H3. The van der Waals surface area contributed by atoms with Crippen LogP contribution in [0, 0.1) is 5.41 Å². The number of hydrogen-bond donors (Lipinski definition) is 1. The van der Waals surface area contributed by atoms with E-state index < -0.39 is 0 Å². The summed E-state index contributed by atoms with van der Waals surface area (Å²) < 4.78 is 0. The molecular formula is C11H15ClS2. The average molecular weight is 247 g/mol. The number of rotatable bonds is 4. The highest BCUT2D eigenvalue weighted by molar-refractivity contribution is 7.99. The monoisotopic (exact) mass is 246 g/mol. The molecule has 0 aliphatic carbocycles. The molecule has 0 N–H and O–H groups in total. The first-order valence-electron chi connectivity index (χ1n) is 4.53. The molecule has 3 heteroatoms. The molecule has 0 atom stereocenters. The van der Waals surface area contributed by atoms with Crippen LogP contribution < -0.4 is 0 Å². The van der Waals surface area contributed by atoms with Gasteiger partial charge in [0.15, 0.2) is 0 Å². The molecule has 0 spiro atoms. The fourth-order valence-electron chi connectivity index (χ4n) is 0.881. The molecule has 78 valence electrons. The predicted molar refractivity (Wildman–Crippen MR) is 69.8 cm³/mol. The quantitative estimate of drug-likeness (QED) is 0.608. The van der Waals surface area contributed by atoms with Crippen molar-refractivity contribution in [1.29, 1.82) is 0 Å². The van der Waals surface area contributed by atoms with E-state index in [4.69, 9.17) is 11.6 Å². The maximum atomic E-state index is 6.06. The summed E-state index contributed by atoms with van der Waals surface area (Å²) in [6, 6.07) is 7.96. The molecule has 0 radical (unpaired) electrons. The summed E-state index contributed by atoms with van der Waals surface area (Å²) >= 11 is 12.2. The molecule has 0 amide bonds. The Balaban J connectivity index is 2.58. The molecule has 0 aliphatic rings. The minimum absolute atomic E-state index is 0.257. The summed E-state index contributed by atoms with van der Waals surface area (Å²) in [5.74, 6) is 1.94. The van der Waals surface area contributed by atoms with Gasteiger partial charge in [-0.15, -0.1) is 11.8 Å². The van der Waals surface area contributed by atoms with Gasteiger partial charge >= 0.3 is 0 Å². The SMILES string of the molecule is CC(C)(CS)CSc1ccccc1Cl. The van der Waals surface area contributed by atoms with E-state index in [9.17, 15) is 0 Å². The lowest BCUT2D eigenvalue weighted by molar-refractivity contribution is 0.494. The summed E-state index contributed by atoms with van der Waals surface area (Å²) in [7, 11) is 0. The van der Waals surface area contributed by atoms with Crippen molar-refractivity contribution >= 4 is 36.0 Å². The summed E-state index contributed by atoms with van der Waals surface area (Å²) in [4.78, 5) is 1.16. The molecule has 1 aromatic rings. The summed E-state index contributed by atoms with van der Waals surface area (Å²) in [6.45, 7) is 4.42. The van der Waals surface area contributed by atoms with Crippen LogP contribution in [0.1, 0.15) is 13.8 Å². The number of hydrogen-bond acceptors (Lipinski definition) is 2. The van der Waals surface area contributed by atoms with Crippen LogP contribution in [0.4, 0.5) is 0 Å². The third-order valence-corrected chi connectivity index (χ3v) is 4.77. The first-order valence-corrected chi connectivity index (χ1v) is 6.53. The summed E-state index contributed by atoms with van der Waals surface area (Å²) in [6.07, 6.45) is 0. The van der Waals surface area contributed by atoms with Gasteiger partial charge in [0.25, 0.3) is 0 Å². The van der Waals surface area contributed by atoms with Crippen molar-refractivity contribution in [2.24, 2.45) is 5.41 Å². The fourth-order valence-corrected chi connectivity index (χ4v) is 2.47. The highest BCUT2D eigenvalue weighted by Crippen LogP contribution is 2.32. The zero-order valence-corrected chi connectivity index (χ0v) is 10.9. The molecule has 14 heavy (non-hydrogen) atoms. The van der Waals surface area contributed by atoms with Crippen molar-refractivity contribution in [3.05, 3.63) is 29.3 Å². The van der Waals surface area contributed by atoms with Gasteiger partial charge in [-0.1, -0.05) is 37.6 Å². The zero-order chi connectivity index (χ0) is 10.6. The number of benzene rings is 1. The van der Waals surface area contributed by atoms with Crippen LogP contribution in [0.25, 0.3) is 0 Å². The van der Waals surface area contributed by atoms with Crippen LogP contribution in [0.5, 0.6) is 0 Å². The van der Waals surface area contributed by atoms with Gasteiger partial charge in [-0.2, -0.15) is 12.6 Å². The van der Waals surface area contributed by atoms with Crippen LogP contribution in [0.15, 0.2) is 29.2 Å². The molecule has 0 saturated heterocycles. The number of thioether (sulfide) groups is 1. The van der Waals surface area contributed by atoms with Crippen molar-refractivity contribution in [2.75, 3.05) is 11.5 Å². The minimum atomic E-state index is 0.257. The van der Waals surface area contributed by atoms with Crippen LogP contribution in [-0.2, 0) is 0 Å². The van der Waals surface area contributed by atoms with Crippen LogP contribution in [0.2, 0.25) is 5.02 Å². The minimum Gasteiger partial charge on any atom is -0.179 e. The van der Waals surface area contributed by atoms with E-state index in [0.29, 0.717) is 0 Å². The zero-order valence-electron chi connectivity index (χ0n) is 8.46. The summed E-state index contributed by atoms with van der Waals surface area (Å²) in [5, 5.41) is 0.840. The maximum Gasteiger partial charge on any atom is 0.0541 e. The lowest BCUT2D eigenvalue weighted by atomic mass is 10.0. The van der Waals surface area contributed by atoms with E-state index in [1.165, 1.54) is 0 Å². The van der Waals surface area contributed by atoms with Gasteiger partial charge in [0.05, 0.1) is 5.02 Å². The second-order valence-electron chi connectivity index (χ2n) is 4.04. The molecule has 1 rings (SSSR count).